The minimum Gasteiger partial charge on any atom is -0.380 e. The lowest BCUT2D eigenvalue weighted by atomic mass is 9.72. The molecule has 8 heteroatoms. The Labute approximate surface area is 159 Å². The van der Waals surface area contributed by atoms with Crippen LogP contribution >= 0.6 is 0 Å². The monoisotopic (exact) mass is 395 g/mol. The minimum absolute atomic E-state index is 0.196. The number of fused-ring (bicyclic) bond motifs is 1. The summed E-state index contributed by atoms with van der Waals surface area (Å²) in [6.07, 6.45) is -3.43. The molecule has 4 nitrogen and oxygen atoms in total. The van der Waals surface area contributed by atoms with E-state index in [2.05, 4.69) is 15.0 Å². The number of aliphatic hydroxyl groups is 1. The van der Waals surface area contributed by atoms with E-state index in [9.17, 15) is 22.7 Å². The van der Waals surface area contributed by atoms with Gasteiger partial charge in [0.2, 0.25) is 0 Å². The summed E-state index contributed by atoms with van der Waals surface area (Å²) >= 11 is 0. The van der Waals surface area contributed by atoms with Crippen LogP contribution in [0.3, 0.4) is 0 Å². The number of rotatable bonds is 5. The van der Waals surface area contributed by atoms with Crippen molar-refractivity contribution in [2.24, 2.45) is 0 Å². The average molecular weight is 395 g/mol. The van der Waals surface area contributed by atoms with Crippen molar-refractivity contribution in [1.82, 2.24) is 15.0 Å². The van der Waals surface area contributed by atoms with Gasteiger partial charge in [-0.05, 0) is 48.1 Å². The average Bonchev–Trinajstić information content (AvgIpc) is 2.97. The molecule has 0 aliphatic carbocycles. The lowest BCUT2D eigenvalue weighted by Gasteiger charge is -2.38. The Bertz CT molecular complexity index is 964. The number of aryl methyl sites for hydroxylation is 1. The quantitative estimate of drug-likeness (QED) is 0.620. The fourth-order valence-electron chi connectivity index (χ4n) is 3.75. The SMILES string of the molecule is Cc1ccc(F)cc1C(C)(C)C[C@@](O)(Cc1cc2ncncc2[nH]1)C(F)(F)F. The van der Waals surface area contributed by atoms with Gasteiger partial charge in [0.15, 0.2) is 5.60 Å². The van der Waals surface area contributed by atoms with Crippen molar-refractivity contribution in [2.45, 2.75) is 50.8 Å². The topological polar surface area (TPSA) is 61.8 Å². The molecular formula is C20H21F4N3O. The van der Waals surface area contributed by atoms with E-state index in [4.69, 9.17) is 0 Å². The largest absolute Gasteiger partial charge is 0.417 e. The number of hydrogen-bond acceptors (Lipinski definition) is 3. The summed E-state index contributed by atoms with van der Waals surface area (Å²) in [4.78, 5) is 10.6. The Morgan fingerprint density at radius 1 is 1.14 bits per heavy atom. The fraction of sp³-hybridized carbons (Fsp3) is 0.400. The number of H-pyrrole nitrogens is 1. The number of hydrogen-bond donors (Lipinski definition) is 2. The van der Waals surface area contributed by atoms with E-state index in [-0.39, 0.29) is 5.69 Å². The lowest BCUT2D eigenvalue weighted by Crippen LogP contribution is -2.51. The van der Waals surface area contributed by atoms with Crippen LogP contribution in [0.2, 0.25) is 0 Å². The number of benzene rings is 1. The van der Waals surface area contributed by atoms with E-state index >= 15 is 0 Å². The van der Waals surface area contributed by atoms with Crippen molar-refractivity contribution in [2.75, 3.05) is 0 Å². The van der Waals surface area contributed by atoms with Crippen LogP contribution in [0.25, 0.3) is 11.0 Å². The highest BCUT2D eigenvalue weighted by atomic mass is 19.4. The lowest BCUT2D eigenvalue weighted by molar-refractivity contribution is -0.266. The third-order valence-electron chi connectivity index (χ3n) is 5.02. The molecule has 1 atom stereocenters. The molecule has 0 saturated heterocycles. The van der Waals surface area contributed by atoms with Gasteiger partial charge in [0.1, 0.15) is 12.1 Å². The van der Waals surface area contributed by atoms with Crippen LogP contribution in [0.5, 0.6) is 0 Å². The van der Waals surface area contributed by atoms with Gasteiger partial charge in [-0.1, -0.05) is 19.9 Å². The molecule has 1 aromatic carbocycles. The fourth-order valence-corrected chi connectivity index (χ4v) is 3.75. The molecule has 0 aliphatic heterocycles. The summed E-state index contributed by atoms with van der Waals surface area (Å²) in [5.74, 6) is -0.529. The first-order valence-electron chi connectivity index (χ1n) is 8.75. The van der Waals surface area contributed by atoms with Crippen molar-refractivity contribution in [3.05, 3.63) is 59.4 Å². The van der Waals surface area contributed by atoms with Crippen LogP contribution in [0.15, 0.2) is 36.8 Å². The molecule has 28 heavy (non-hydrogen) atoms. The molecule has 2 aromatic heterocycles. The van der Waals surface area contributed by atoms with Gasteiger partial charge in [0, 0.05) is 12.1 Å². The van der Waals surface area contributed by atoms with Gasteiger partial charge in [0.25, 0.3) is 0 Å². The molecule has 0 fully saturated rings. The summed E-state index contributed by atoms with van der Waals surface area (Å²) in [6.45, 7) is 4.85. The first-order chi connectivity index (χ1) is 12.9. The molecule has 0 amide bonds. The maximum Gasteiger partial charge on any atom is 0.417 e. The van der Waals surface area contributed by atoms with Crippen molar-refractivity contribution in [3.63, 3.8) is 0 Å². The normalized spacial score (nSPS) is 15.0. The van der Waals surface area contributed by atoms with Gasteiger partial charge < -0.3 is 10.1 Å². The second-order valence-corrected chi connectivity index (χ2v) is 7.84. The Morgan fingerprint density at radius 2 is 1.86 bits per heavy atom. The molecular weight excluding hydrogens is 374 g/mol. The van der Waals surface area contributed by atoms with Crippen molar-refractivity contribution in [3.8, 4) is 0 Å². The second kappa shape index (κ2) is 6.84. The molecule has 3 aromatic rings. The number of halogens is 4. The summed E-state index contributed by atoms with van der Waals surface area (Å²) in [6, 6.07) is 5.48. The molecule has 0 spiro atoms. The van der Waals surface area contributed by atoms with Gasteiger partial charge in [-0.2, -0.15) is 13.2 Å². The van der Waals surface area contributed by atoms with Gasteiger partial charge in [0.05, 0.1) is 17.2 Å². The van der Waals surface area contributed by atoms with E-state index < -0.39 is 35.9 Å². The Balaban J connectivity index is 1.98. The second-order valence-electron chi connectivity index (χ2n) is 7.84. The number of nitrogens with zero attached hydrogens (tertiary/aromatic N) is 2. The summed E-state index contributed by atoms with van der Waals surface area (Å²) in [5.41, 5.74) is -1.89. The molecule has 0 bridgehead atoms. The van der Waals surface area contributed by atoms with Crippen molar-refractivity contribution in [1.29, 1.82) is 0 Å². The zero-order valence-corrected chi connectivity index (χ0v) is 15.7. The first kappa shape index (κ1) is 20.3. The smallest absolute Gasteiger partial charge is 0.380 e. The van der Waals surface area contributed by atoms with E-state index in [1.165, 1.54) is 36.8 Å². The van der Waals surface area contributed by atoms with Crippen LogP contribution in [0.4, 0.5) is 17.6 Å². The molecule has 0 unspecified atom stereocenters. The van der Waals surface area contributed by atoms with Crippen LogP contribution in [-0.2, 0) is 11.8 Å². The van der Waals surface area contributed by atoms with Crippen LogP contribution < -0.4 is 0 Å². The zero-order chi connectivity index (χ0) is 20.7. The van der Waals surface area contributed by atoms with Crippen molar-refractivity contribution < 1.29 is 22.7 Å². The highest BCUT2D eigenvalue weighted by Gasteiger charge is 2.56. The van der Waals surface area contributed by atoms with E-state index in [1.54, 1.807) is 20.8 Å². The summed E-state index contributed by atoms with van der Waals surface area (Å²) in [5, 5.41) is 10.7. The Kier molecular flexibility index (Phi) is 4.95. The van der Waals surface area contributed by atoms with E-state index in [0.29, 0.717) is 22.2 Å². The van der Waals surface area contributed by atoms with Gasteiger partial charge in [-0.15, -0.1) is 0 Å². The third kappa shape index (κ3) is 3.87. The van der Waals surface area contributed by atoms with Crippen LogP contribution in [0, 0.1) is 12.7 Å². The van der Waals surface area contributed by atoms with Crippen LogP contribution in [0.1, 0.15) is 37.1 Å². The Morgan fingerprint density at radius 3 is 2.50 bits per heavy atom. The summed E-state index contributed by atoms with van der Waals surface area (Å²) in [7, 11) is 0. The predicted molar refractivity (Wildman–Crippen MR) is 97.4 cm³/mol. The number of aromatic amines is 1. The molecule has 0 saturated carbocycles. The third-order valence-corrected chi connectivity index (χ3v) is 5.02. The molecule has 2 N–H and O–H groups in total. The number of aromatic nitrogens is 3. The number of alkyl halides is 3. The van der Waals surface area contributed by atoms with Crippen molar-refractivity contribution >= 4 is 11.0 Å². The summed E-state index contributed by atoms with van der Waals surface area (Å²) < 4.78 is 55.4. The van der Waals surface area contributed by atoms with Gasteiger partial charge in [-0.3, -0.25) is 0 Å². The maximum atomic E-state index is 13.9. The number of nitrogens with one attached hydrogen (secondary N) is 1. The molecule has 3 rings (SSSR count). The minimum atomic E-state index is -4.88. The standard InChI is InChI=1S/C20H21F4N3O/c1-12-4-5-13(21)6-15(12)18(2,3)10-19(28,20(22,23)24)8-14-7-16-17(27-14)9-25-11-26-16/h4-7,9,11,27-28H,8,10H2,1-3H3/t19-/m0/s1. The predicted octanol–water partition coefficient (Wildman–Crippen LogP) is 4.61. The van der Waals surface area contributed by atoms with E-state index in [0.717, 1.165) is 0 Å². The first-order valence-corrected chi connectivity index (χ1v) is 8.75. The molecule has 150 valence electrons. The molecule has 2 heterocycles. The molecule has 0 aliphatic rings. The highest BCUT2D eigenvalue weighted by Crippen LogP contribution is 2.43. The Hall–Kier alpha value is -2.48. The highest BCUT2D eigenvalue weighted by molar-refractivity contribution is 5.74. The maximum absolute atomic E-state index is 13.9. The van der Waals surface area contributed by atoms with E-state index in [1.807, 2.05) is 0 Å². The van der Waals surface area contributed by atoms with Crippen LogP contribution in [-0.4, -0.2) is 31.8 Å². The van der Waals surface area contributed by atoms with Gasteiger partial charge >= 0.3 is 6.18 Å². The zero-order valence-electron chi connectivity index (χ0n) is 15.7. The molecule has 0 radical (unpaired) electrons. The van der Waals surface area contributed by atoms with Gasteiger partial charge in [-0.25, -0.2) is 14.4 Å².